The molecule has 0 spiro atoms. The van der Waals surface area contributed by atoms with E-state index in [1.807, 2.05) is 24.3 Å². The number of ketones is 2. The molecule has 5 nitrogen and oxygen atoms in total. The minimum Gasteiger partial charge on any atom is -0.494 e. The number of rotatable bonds is 9. The van der Waals surface area contributed by atoms with Crippen molar-refractivity contribution in [2.45, 2.75) is 52.9 Å². The minimum atomic E-state index is -1.31. The maximum Gasteiger partial charge on any atom is 0.324 e. The lowest BCUT2D eigenvalue weighted by molar-refractivity contribution is -0.154. The number of carbonyl (C=O) groups is 3. The smallest absolute Gasteiger partial charge is 0.324 e. The summed E-state index contributed by atoms with van der Waals surface area (Å²) < 4.78 is 10.4. The van der Waals surface area contributed by atoms with Crippen molar-refractivity contribution in [1.29, 1.82) is 0 Å². The number of hydrogen-bond donors (Lipinski definition) is 0. The van der Waals surface area contributed by atoms with E-state index in [-0.39, 0.29) is 18.4 Å². The van der Waals surface area contributed by atoms with E-state index in [1.54, 1.807) is 6.92 Å². The van der Waals surface area contributed by atoms with Crippen LogP contribution in [-0.4, -0.2) is 30.7 Å². The Hall–Kier alpha value is -2.17. The van der Waals surface area contributed by atoms with Crippen molar-refractivity contribution >= 4 is 17.5 Å². The molecule has 0 radical (unpaired) electrons. The summed E-state index contributed by atoms with van der Waals surface area (Å²) in [6, 6.07) is 7.85. The first-order valence-electron chi connectivity index (χ1n) is 8.60. The predicted molar refractivity (Wildman–Crippen MR) is 95.7 cm³/mol. The standard InChI is InChI=1S/C20H28O5/c1-6-24-19(23)18(14(2)21)17(22)8-7-13-25-16-11-9-15(10-12-16)20(3,4)5/h9-12,18H,6-8,13H2,1-5H3. The summed E-state index contributed by atoms with van der Waals surface area (Å²) in [5, 5.41) is 0. The van der Waals surface area contributed by atoms with E-state index in [0.29, 0.717) is 13.0 Å². The average Bonchev–Trinajstić information content (AvgIpc) is 2.51. The van der Waals surface area contributed by atoms with Crippen LogP contribution in [0.25, 0.3) is 0 Å². The molecule has 0 aromatic heterocycles. The molecule has 5 heteroatoms. The van der Waals surface area contributed by atoms with E-state index in [9.17, 15) is 14.4 Å². The highest BCUT2D eigenvalue weighted by atomic mass is 16.5. The highest BCUT2D eigenvalue weighted by molar-refractivity contribution is 6.16. The van der Waals surface area contributed by atoms with Crippen LogP contribution in [0.4, 0.5) is 0 Å². The predicted octanol–water partition coefficient (Wildman–Crippen LogP) is 3.48. The summed E-state index contributed by atoms with van der Waals surface area (Å²) in [7, 11) is 0. The van der Waals surface area contributed by atoms with Gasteiger partial charge in [0.1, 0.15) is 5.75 Å². The van der Waals surface area contributed by atoms with Crippen LogP contribution >= 0.6 is 0 Å². The fourth-order valence-electron chi connectivity index (χ4n) is 2.38. The molecule has 0 aliphatic carbocycles. The number of esters is 1. The number of benzene rings is 1. The second-order valence-electron chi connectivity index (χ2n) is 6.99. The molecule has 0 amide bonds. The lowest BCUT2D eigenvalue weighted by Gasteiger charge is -2.19. The molecular weight excluding hydrogens is 320 g/mol. The average molecular weight is 348 g/mol. The maximum atomic E-state index is 12.1. The molecule has 0 saturated carbocycles. The van der Waals surface area contributed by atoms with Gasteiger partial charge in [0, 0.05) is 6.42 Å². The molecule has 0 aliphatic heterocycles. The van der Waals surface area contributed by atoms with E-state index >= 15 is 0 Å². The number of carbonyl (C=O) groups excluding carboxylic acids is 3. The second-order valence-corrected chi connectivity index (χ2v) is 6.99. The highest BCUT2D eigenvalue weighted by Gasteiger charge is 2.31. The zero-order chi connectivity index (χ0) is 19.0. The fourth-order valence-corrected chi connectivity index (χ4v) is 2.38. The molecular formula is C20H28O5. The SMILES string of the molecule is CCOC(=O)C(C(C)=O)C(=O)CCCOc1ccc(C(C)(C)C)cc1. The molecule has 1 aromatic carbocycles. The largest absolute Gasteiger partial charge is 0.494 e. The van der Waals surface area contributed by atoms with Crippen LogP contribution in [-0.2, 0) is 24.5 Å². The molecule has 1 atom stereocenters. The fraction of sp³-hybridized carbons (Fsp3) is 0.550. The Labute approximate surface area is 149 Å². The van der Waals surface area contributed by atoms with Gasteiger partial charge in [0.05, 0.1) is 13.2 Å². The quantitative estimate of drug-likeness (QED) is 0.388. The molecule has 1 rings (SSSR count). The molecule has 0 heterocycles. The Morgan fingerprint density at radius 1 is 1.08 bits per heavy atom. The van der Waals surface area contributed by atoms with Gasteiger partial charge in [-0.2, -0.15) is 0 Å². The van der Waals surface area contributed by atoms with Gasteiger partial charge in [0.25, 0.3) is 0 Å². The van der Waals surface area contributed by atoms with Gasteiger partial charge < -0.3 is 9.47 Å². The van der Waals surface area contributed by atoms with E-state index in [2.05, 4.69) is 20.8 Å². The Morgan fingerprint density at radius 2 is 1.68 bits per heavy atom. The van der Waals surface area contributed by atoms with Gasteiger partial charge in [0.2, 0.25) is 0 Å². The van der Waals surface area contributed by atoms with Crippen LogP contribution in [0.5, 0.6) is 5.75 Å². The summed E-state index contributed by atoms with van der Waals surface area (Å²) in [4.78, 5) is 35.3. The Bertz CT molecular complexity index is 596. The van der Waals surface area contributed by atoms with E-state index < -0.39 is 23.5 Å². The van der Waals surface area contributed by atoms with Crippen LogP contribution in [0.3, 0.4) is 0 Å². The highest BCUT2D eigenvalue weighted by Crippen LogP contribution is 2.24. The molecule has 0 N–H and O–H groups in total. The zero-order valence-electron chi connectivity index (χ0n) is 15.8. The first kappa shape index (κ1) is 20.9. The van der Waals surface area contributed by atoms with Gasteiger partial charge >= 0.3 is 5.97 Å². The van der Waals surface area contributed by atoms with Crippen molar-refractivity contribution in [3.8, 4) is 5.75 Å². The second kappa shape index (κ2) is 9.35. The van der Waals surface area contributed by atoms with Gasteiger partial charge in [-0.3, -0.25) is 14.4 Å². The van der Waals surface area contributed by atoms with E-state index in [1.165, 1.54) is 12.5 Å². The third-order valence-corrected chi connectivity index (χ3v) is 3.81. The zero-order valence-corrected chi connectivity index (χ0v) is 15.8. The van der Waals surface area contributed by atoms with Gasteiger partial charge in [-0.05, 0) is 43.4 Å². The van der Waals surface area contributed by atoms with Gasteiger partial charge in [-0.25, -0.2) is 0 Å². The summed E-state index contributed by atoms with van der Waals surface area (Å²) >= 11 is 0. The van der Waals surface area contributed by atoms with Crippen LogP contribution in [0.2, 0.25) is 0 Å². The number of Topliss-reactive ketones (excluding diaryl/α,β-unsaturated/α-hetero) is 2. The van der Waals surface area contributed by atoms with E-state index in [4.69, 9.17) is 9.47 Å². The van der Waals surface area contributed by atoms with Crippen LogP contribution in [0, 0.1) is 5.92 Å². The van der Waals surface area contributed by atoms with Crippen molar-refractivity contribution in [2.75, 3.05) is 13.2 Å². The molecule has 0 bridgehead atoms. The molecule has 0 aliphatic rings. The van der Waals surface area contributed by atoms with Crippen molar-refractivity contribution in [1.82, 2.24) is 0 Å². The van der Waals surface area contributed by atoms with Crippen molar-refractivity contribution < 1.29 is 23.9 Å². The third-order valence-electron chi connectivity index (χ3n) is 3.81. The lowest BCUT2D eigenvalue weighted by atomic mass is 9.87. The number of ether oxygens (including phenoxy) is 2. The molecule has 1 unspecified atom stereocenters. The molecule has 1 aromatic rings. The Morgan fingerprint density at radius 3 is 2.16 bits per heavy atom. The topological polar surface area (TPSA) is 69.7 Å². The maximum absolute atomic E-state index is 12.1. The lowest BCUT2D eigenvalue weighted by Crippen LogP contribution is -2.32. The van der Waals surface area contributed by atoms with Crippen LogP contribution in [0.15, 0.2) is 24.3 Å². The Balaban J connectivity index is 2.47. The van der Waals surface area contributed by atoms with Gasteiger partial charge in [0.15, 0.2) is 17.5 Å². The number of hydrogen-bond acceptors (Lipinski definition) is 5. The van der Waals surface area contributed by atoms with Crippen molar-refractivity contribution in [3.05, 3.63) is 29.8 Å². The summed E-state index contributed by atoms with van der Waals surface area (Å²) in [6.07, 6.45) is 0.534. The summed E-state index contributed by atoms with van der Waals surface area (Å²) in [5.41, 5.74) is 1.30. The summed E-state index contributed by atoms with van der Waals surface area (Å²) in [5.74, 6) is -2.25. The van der Waals surface area contributed by atoms with E-state index in [0.717, 1.165) is 5.75 Å². The normalized spacial score (nSPS) is 12.4. The molecule has 0 fully saturated rings. The van der Waals surface area contributed by atoms with Gasteiger partial charge in [-0.1, -0.05) is 32.9 Å². The minimum absolute atomic E-state index is 0.0831. The van der Waals surface area contributed by atoms with Crippen molar-refractivity contribution in [3.63, 3.8) is 0 Å². The molecule has 25 heavy (non-hydrogen) atoms. The van der Waals surface area contributed by atoms with Gasteiger partial charge in [-0.15, -0.1) is 0 Å². The van der Waals surface area contributed by atoms with Crippen molar-refractivity contribution in [2.24, 2.45) is 5.92 Å². The summed E-state index contributed by atoms with van der Waals surface area (Å²) in [6.45, 7) is 9.78. The Kier molecular flexibility index (Phi) is 7.81. The van der Waals surface area contributed by atoms with Crippen LogP contribution < -0.4 is 4.74 Å². The first-order chi connectivity index (χ1) is 11.7. The first-order valence-corrected chi connectivity index (χ1v) is 8.60. The third kappa shape index (κ3) is 6.69. The van der Waals surface area contributed by atoms with Crippen LogP contribution in [0.1, 0.15) is 53.0 Å². The molecule has 0 saturated heterocycles. The monoisotopic (exact) mass is 348 g/mol. The molecule has 138 valence electrons.